The van der Waals surface area contributed by atoms with Crippen LogP contribution in [0, 0.1) is 0 Å². The van der Waals surface area contributed by atoms with Gasteiger partial charge in [-0.05, 0) is 24.3 Å². The first-order chi connectivity index (χ1) is 10.6. The fraction of sp³-hybridized carbons (Fsp3) is 0.733. The van der Waals surface area contributed by atoms with Crippen LogP contribution in [0.2, 0.25) is 0 Å². The molecule has 0 amide bonds. The lowest BCUT2D eigenvalue weighted by atomic mass is 9.80. The van der Waals surface area contributed by atoms with E-state index in [1.54, 1.807) is 17.5 Å². The van der Waals surface area contributed by atoms with Crippen molar-refractivity contribution in [1.29, 1.82) is 0 Å². The number of nitrogens with zero attached hydrogens (tertiary/aromatic N) is 1. The van der Waals surface area contributed by atoms with Crippen LogP contribution in [0.5, 0.6) is 0 Å². The molecule has 0 aromatic carbocycles. The highest BCUT2D eigenvalue weighted by Crippen LogP contribution is 2.34. The molecule has 0 unspecified atom stereocenters. The Balaban J connectivity index is 1.73. The lowest BCUT2D eigenvalue weighted by Gasteiger charge is -2.48. The molecule has 2 fully saturated rings. The number of thiophene rings is 1. The van der Waals surface area contributed by atoms with Crippen molar-refractivity contribution in [2.75, 3.05) is 32.8 Å². The van der Waals surface area contributed by atoms with Crippen LogP contribution < -0.4 is 4.72 Å². The molecule has 0 atom stereocenters. The normalized spacial score (nSPS) is 23.5. The van der Waals surface area contributed by atoms with E-state index >= 15 is 0 Å². The summed E-state index contributed by atoms with van der Waals surface area (Å²) in [5.41, 5.74) is -0.0354. The number of sulfonamides is 1. The Labute approximate surface area is 136 Å². The van der Waals surface area contributed by atoms with Gasteiger partial charge in [-0.15, -0.1) is 11.3 Å². The maximum Gasteiger partial charge on any atom is 0.250 e. The van der Waals surface area contributed by atoms with Gasteiger partial charge in [0, 0.05) is 25.2 Å². The van der Waals surface area contributed by atoms with E-state index in [0.717, 1.165) is 39.1 Å². The molecule has 124 valence electrons. The molecular weight excluding hydrogens is 320 g/mol. The zero-order valence-electron chi connectivity index (χ0n) is 12.8. The van der Waals surface area contributed by atoms with E-state index in [1.807, 2.05) is 0 Å². The highest BCUT2D eigenvalue weighted by molar-refractivity contribution is 7.91. The van der Waals surface area contributed by atoms with Gasteiger partial charge in [0.2, 0.25) is 10.0 Å². The van der Waals surface area contributed by atoms with Crippen LogP contribution in [-0.4, -0.2) is 51.7 Å². The summed E-state index contributed by atoms with van der Waals surface area (Å²) in [4.78, 5) is 2.45. The minimum Gasteiger partial charge on any atom is -0.379 e. The fourth-order valence-corrected chi connectivity index (χ4v) is 5.73. The quantitative estimate of drug-likeness (QED) is 0.888. The molecule has 1 N–H and O–H groups in total. The monoisotopic (exact) mass is 344 g/mol. The van der Waals surface area contributed by atoms with Crippen molar-refractivity contribution in [2.45, 2.75) is 41.9 Å². The van der Waals surface area contributed by atoms with E-state index in [-0.39, 0.29) is 5.54 Å². The van der Waals surface area contributed by atoms with Crippen molar-refractivity contribution >= 4 is 21.4 Å². The highest BCUT2D eigenvalue weighted by Gasteiger charge is 2.39. The second-order valence-electron chi connectivity index (χ2n) is 6.14. The Hall–Kier alpha value is -0.470. The van der Waals surface area contributed by atoms with E-state index in [1.165, 1.54) is 30.6 Å². The number of morpholine rings is 1. The summed E-state index contributed by atoms with van der Waals surface area (Å²) in [6.07, 6.45) is 5.75. The van der Waals surface area contributed by atoms with Crippen LogP contribution in [0.3, 0.4) is 0 Å². The van der Waals surface area contributed by atoms with Crippen LogP contribution in [0.4, 0.5) is 0 Å². The van der Waals surface area contributed by atoms with Crippen LogP contribution >= 0.6 is 11.3 Å². The van der Waals surface area contributed by atoms with Gasteiger partial charge >= 0.3 is 0 Å². The predicted octanol–water partition coefficient (Wildman–Crippen LogP) is 2.06. The fourth-order valence-electron chi connectivity index (χ4n) is 3.57. The summed E-state index contributed by atoms with van der Waals surface area (Å²) < 4.78 is 33.6. The lowest BCUT2D eigenvalue weighted by molar-refractivity contribution is -0.0348. The lowest BCUT2D eigenvalue weighted by Crippen LogP contribution is -2.59. The Kier molecular flexibility index (Phi) is 5.19. The summed E-state index contributed by atoms with van der Waals surface area (Å²) in [5.74, 6) is 0. The molecule has 0 spiro atoms. The number of nitrogens with one attached hydrogen (secondary N) is 1. The van der Waals surface area contributed by atoms with Crippen LogP contribution in [0.1, 0.15) is 32.1 Å². The summed E-state index contributed by atoms with van der Waals surface area (Å²) in [5, 5.41) is 1.80. The van der Waals surface area contributed by atoms with Gasteiger partial charge in [-0.25, -0.2) is 13.1 Å². The molecule has 1 aliphatic heterocycles. The molecule has 3 rings (SSSR count). The number of hydrogen-bond acceptors (Lipinski definition) is 5. The van der Waals surface area contributed by atoms with Crippen LogP contribution in [-0.2, 0) is 14.8 Å². The van der Waals surface area contributed by atoms with Crippen LogP contribution in [0.15, 0.2) is 21.7 Å². The Morgan fingerprint density at radius 1 is 1.23 bits per heavy atom. The third kappa shape index (κ3) is 3.54. The van der Waals surface area contributed by atoms with E-state index in [4.69, 9.17) is 4.74 Å². The second kappa shape index (κ2) is 6.97. The zero-order valence-corrected chi connectivity index (χ0v) is 14.4. The molecule has 22 heavy (non-hydrogen) atoms. The summed E-state index contributed by atoms with van der Waals surface area (Å²) in [7, 11) is -3.38. The van der Waals surface area contributed by atoms with Crippen molar-refractivity contribution in [3.05, 3.63) is 17.5 Å². The summed E-state index contributed by atoms with van der Waals surface area (Å²) >= 11 is 1.27. The average molecular weight is 345 g/mol. The molecule has 1 saturated heterocycles. The van der Waals surface area contributed by atoms with Crippen molar-refractivity contribution in [1.82, 2.24) is 9.62 Å². The summed E-state index contributed by atoms with van der Waals surface area (Å²) in [6, 6.07) is 3.44. The number of ether oxygens (including phenoxy) is 1. The Morgan fingerprint density at radius 2 is 1.95 bits per heavy atom. The van der Waals surface area contributed by atoms with Gasteiger partial charge in [0.15, 0.2) is 0 Å². The van der Waals surface area contributed by atoms with Gasteiger partial charge in [0.25, 0.3) is 0 Å². The first kappa shape index (κ1) is 16.4. The number of hydrogen-bond donors (Lipinski definition) is 1. The predicted molar refractivity (Wildman–Crippen MR) is 87.7 cm³/mol. The average Bonchev–Trinajstić information content (AvgIpc) is 3.10. The molecule has 5 nitrogen and oxygen atoms in total. The van der Waals surface area contributed by atoms with Crippen LogP contribution in [0.25, 0.3) is 0 Å². The molecule has 0 bridgehead atoms. The second-order valence-corrected chi connectivity index (χ2v) is 9.08. The number of rotatable bonds is 5. The SMILES string of the molecule is O=S(=O)(NCC1(N2CCOCC2)CCCCC1)c1cccs1. The highest BCUT2D eigenvalue weighted by atomic mass is 32.2. The standard InChI is InChI=1S/C15H24N2O3S2/c18-22(19,14-5-4-12-21-14)16-13-15(6-2-1-3-7-15)17-8-10-20-11-9-17/h4-5,12,16H,1-3,6-11,13H2. The largest absolute Gasteiger partial charge is 0.379 e. The third-order valence-electron chi connectivity index (χ3n) is 4.82. The van der Waals surface area contributed by atoms with Gasteiger partial charge in [0.1, 0.15) is 4.21 Å². The van der Waals surface area contributed by atoms with Gasteiger partial charge in [0.05, 0.1) is 13.2 Å². The van der Waals surface area contributed by atoms with Crippen molar-refractivity contribution in [2.24, 2.45) is 0 Å². The molecule has 1 aromatic heterocycles. The molecule has 1 aromatic rings. The Morgan fingerprint density at radius 3 is 2.59 bits per heavy atom. The first-order valence-corrected chi connectivity index (χ1v) is 10.3. The molecule has 1 aliphatic carbocycles. The van der Waals surface area contributed by atoms with E-state index in [2.05, 4.69) is 9.62 Å². The van der Waals surface area contributed by atoms with Crippen molar-refractivity contribution in [3.63, 3.8) is 0 Å². The minimum absolute atomic E-state index is 0.0354. The Bertz CT molecular complexity index is 560. The molecule has 2 heterocycles. The molecule has 7 heteroatoms. The maximum atomic E-state index is 12.4. The maximum absolute atomic E-state index is 12.4. The van der Waals surface area contributed by atoms with Crippen molar-refractivity contribution < 1.29 is 13.2 Å². The van der Waals surface area contributed by atoms with E-state index in [0.29, 0.717) is 10.8 Å². The van der Waals surface area contributed by atoms with Crippen molar-refractivity contribution in [3.8, 4) is 0 Å². The third-order valence-corrected chi connectivity index (χ3v) is 7.62. The molecular formula is C15H24N2O3S2. The zero-order chi connectivity index (χ0) is 15.5. The topological polar surface area (TPSA) is 58.6 Å². The molecule has 0 radical (unpaired) electrons. The van der Waals surface area contributed by atoms with Gasteiger partial charge in [-0.1, -0.05) is 25.3 Å². The minimum atomic E-state index is -3.38. The first-order valence-electron chi connectivity index (χ1n) is 7.98. The smallest absolute Gasteiger partial charge is 0.250 e. The van der Waals surface area contributed by atoms with Gasteiger partial charge in [-0.3, -0.25) is 4.90 Å². The molecule has 1 saturated carbocycles. The molecule has 2 aliphatic rings. The van der Waals surface area contributed by atoms with E-state index in [9.17, 15) is 8.42 Å². The summed E-state index contributed by atoms with van der Waals surface area (Å²) in [6.45, 7) is 3.81. The van der Waals surface area contributed by atoms with E-state index < -0.39 is 10.0 Å². The van der Waals surface area contributed by atoms with Gasteiger partial charge in [-0.2, -0.15) is 0 Å². The van der Waals surface area contributed by atoms with Gasteiger partial charge < -0.3 is 4.74 Å².